The van der Waals surface area contributed by atoms with Crippen LogP contribution in [0.3, 0.4) is 0 Å². The van der Waals surface area contributed by atoms with Crippen LogP contribution >= 0.6 is 34.5 Å². The molecule has 0 saturated heterocycles. The highest BCUT2D eigenvalue weighted by Gasteiger charge is 2.20. The van der Waals surface area contributed by atoms with Gasteiger partial charge in [-0.25, -0.2) is 9.97 Å². The Morgan fingerprint density at radius 1 is 1.00 bits per heavy atom. The molecule has 0 bridgehead atoms. The molecular weight excluding hydrogens is 435 g/mol. The van der Waals surface area contributed by atoms with Crippen molar-refractivity contribution in [1.82, 2.24) is 9.97 Å². The second kappa shape index (κ2) is 8.27. The van der Waals surface area contributed by atoms with Crippen molar-refractivity contribution in [1.29, 1.82) is 0 Å². The van der Waals surface area contributed by atoms with Gasteiger partial charge in [0, 0.05) is 22.3 Å². The largest absolute Gasteiger partial charge is 0.371 e. The maximum atomic E-state index is 6.17. The number of fused-ring (bicyclic) bond motifs is 1. The fraction of sp³-hybridized carbons (Fsp3) is 0.250. The van der Waals surface area contributed by atoms with Gasteiger partial charge in [0.05, 0.1) is 22.4 Å². The summed E-state index contributed by atoms with van der Waals surface area (Å²) in [6, 6.07) is 13.9. The number of ether oxygens (including phenoxy) is 1. The fourth-order valence-electron chi connectivity index (χ4n) is 3.29. The Hall–Kier alpha value is -1.98. The Kier molecular flexibility index (Phi) is 5.86. The lowest BCUT2D eigenvalue weighted by atomic mass is 9.95. The molecule has 2 aromatic carbocycles. The summed E-state index contributed by atoms with van der Waals surface area (Å²) in [5.74, 6) is 0. The van der Waals surface area contributed by atoms with Gasteiger partial charge in [-0.1, -0.05) is 35.3 Å². The van der Waals surface area contributed by atoms with Crippen molar-refractivity contribution in [3.63, 3.8) is 0 Å². The molecular formula is C24H22Cl2N2OS. The van der Waals surface area contributed by atoms with Crippen LogP contribution in [0, 0.1) is 6.92 Å². The topological polar surface area (TPSA) is 35.0 Å². The highest BCUT2D eigenvalue weighted by molar-refractivity contribution is 7.22. The standard InChI is InChI=1S/C24H22Cl2N2OS/c1-14-11-19-22(30-23(28-19)16-9-10-27-20(26)12-16)21(15-5-7-17(25)8-6-15)18(14)13-29-24(2,3)4/h5-12H,13H2,1-4H3. The first-order valence-corrected chi connectivity index (χ1v) is 11.2. The highest BCUT2D eigenvalue weighted by atomic mass is 35.5. The van der Waals surface area contributed by atoms with Crippen LogP contribution in [0.4, 0.5) is 0 Å². The number of nitrogens with zero attached hydrogens (tertiary/aromatic N) is 2. The smallest absolute Gasteiger partial charge is 0.129 e. The molecule has 0 atom stereocenters. The molecule has 0 radical (unpaired) electrons. The maximum Gasteiger partial charge on any atom is 0.129 e. The number of hydrogen-bond donors (Lipinski definition) is 0. The average molecular weight is 457 g/mol. The van der Waals surface area contributed by atoms with E-state index in [1.54, 1.807) is 17.5 Å². The molecule has 2 aromatic heterocycles. The van der Waals surface area contributed by atoms with Gasteiger partial charge in [0.15, 0.2) is 0 Å². The van der Waals surface area contributed by atoms with Crippen molar-refractivity contribution >= 4 is 44.8 Å². The maximum absolute atomic E-state index is 6.17. The van der Waals surface area contributed by atoms with Crippen LogP contribution in [0.15, 0.2) is 48.7 Å². The molecule has 2 heterocycles. The zero-order valence-corrected chi connectivity index (χ0v) is 19.6. The molecule has 0 aliphatic carbocycles. The van der Waals surface area contributed by atoms with Gasteiger partial charge in [-0.15, -0.1) is 11.3 Å². The summed E-state index contributed by atoms with van der Waals surface area (Å²) in [6.45, 7) is 8.85. The Morgan fingerprint density at radius 3 is 2.40 bits per heavy atom. The number of pyridine rings is 1. The first-order valence-electron chi connectivity index (χ1n) is 9.66. The predicted molar refractivity (Wildman–Crippen MR) is 128 cm³/mol. The van der Waals surface area contributed by atoms with Crippen molar-refractivity contribution < 1.29 is 4.74 Å². The molecule has 0 unspecified atom stereocenters. The minimum atomic E-state index is -0.231. The molecule has 0 aliphatic rings. The van der Waals surface area contributed by atoms with Gasteiger partial charge in [-0.3, -0.25) is 0 Å². The van der Waals surface area contributed by atoms with Gasteiger partial charge in [0.2, 0.25) is 0 Å². The van der Waals surface area contributed by atoms with E-state index >= 15 is 0 Å². The van der Waals surface area contributed by atoms with Crippen LogP contribution in [-0.4, -0.2) is 15.6 Å². The number of hydrogen-bond acceptors (Lipinski definition) is 4. The van der Waals surface area contributed by atoms with Crippen molar-refractivity contribution in [3.05, 3.63) is 70.0 Å². The SMILES string of the molecule is Cc1cc2nc(-c3ccnc(Cl)c3)sc2c(-c2ccc(Cl)cc2)c1COC(C)(C)C. The lowest BCUT2D eigenvalue weighted by molar-refractivity contribution is -0.0149. The summed E-state index contributed by atoms with van der Waals surface area (Å²) in [7, 11) is 0. The summed E-state index contributed by atoms with van der Waals surface area (Å²) in [5, 5.41) is 2.09. The van der Waals surface area contributed by atoms with E-state index in [9.17, 15) is 0 Å². The Labute approximate surface area is 190 Å². The molecule has 0 amide bonds. The Morgan fingerprint density at radius 2 is 1.73 bits per heavy atom. The van der Waals surface area contributed by atoms with E-state index in [0.29, 0.717) is 16.8 Å². The lowest BCUT2D eigenvalue weighted by Crippen LogP contribution is -2.19. The molecule has 0 spiro atoms. The van der Waals surface area contributed by atoms with Crippen LogP contribution in [0.25, 0.3) is 31.9 Å². The number of thiazole rings is 1. The summed E-state index contributed by atoms with van der Waals surface area (Å²) in [4.78, 5) is 8.99. The van der Waals surface area contributed by atoms with Gasteiger partial charge >= 0.3 is 0 Å². The number of aromatic nitrogens is 2. The molecule has 0 aliphatic heterocycles. The zero-order valence-electron chi connectivity index (χ0n) is 17.3. The van der Waals surface area contributed by atoms with Crippen molar-refractivity contribution in [3.8, 4) is 21.7 Å². The number of rotatable bonds is 4. The molecule has 6 heteroatoms. The number of benzene rings is 2. The third kappa shape index (κ3) is 4.52. The van der Waals surface area contributed by atoms with Crippen LogP contribution in [0.2, 0.25) is 10.2 Å². The Bertz CT molecular complexity index is 1210. The van der Waals surface area contributed by atoms with Gasteiger partial charge < -0.3 is 4.74 Å². The van der Waals surface area contributed by atoms with E-state index < -0.39 is 0 Å². The summed E-state index contributed by atoms with van der Waals surface area (Å²) < 4.78 is 7.29. The van der Waals surface area contributed by atoms with Crippen molar-refractivity contribution in [2.75, 3.05) is 0 Å². The molecule has 4 rings (SSSR count). The zero-order chi connectivity index (χ0) is 21.5. The second-order valence-corrected chi connectivity index (χ2v) is 10.0. The molecule has 154 valence electrons. The predicted octanol–water partition coefficient (Wildman–Crippen LogP) is 7.96. The van der Waals surface area contributed by atoms with E-state index in [1.165, 1.54) is 5.56 Å². The fourth-order valence-corrected chi connectivity index (χ4v) is 4.73. The van der Waals surface area contributed by atoms with Gasteiger partial charge in [-0.05, 0) is 74.7 Å². The van der Waals surface area contributed by atoms with E-state index in [2.05, 4.69) is 50.9 Å². The Balaban J connectivity index is 1.94. The second-order valence-electron chi connectivity index (χ2n) is 8.19. The number of aryl methyl sites for hydroxylation is 1. The van der Waals surface area contributed by atoms with Crippen LogP contribution in [0.1, 0.15) is 31.9 Å². The van der Waals surface area contributed by atoms with Gasteiger partial charge in [-0.2, -0.15) is 0 Å². The van der Waals surface area contributed by atoms with Crippen LogP contribution < -0.4 is 0 Å². The first-order chi connectivity index (χ1) is 14.2. The van der Waals surface area contributed by atoms with Crippen molar-refractivity contribution in [2.24, 2.45) is 0 Å². The third-order valence-corrected chi connectivity index (χ3v) is 6.36. The lowest BCUT2D eigenvalue weighted by Gasteiger charge is -2.22. The van der Waals surface area contributed by atoms with Crippen LogP contribution in [0.5, 0.6) is 0 Å². The number of halogens is 2. The normalized spacial score (nSPS) is 11.9. The molecule has 0 saturated carbocycles. The minimum absolute atomic E-state index is 0.231. The summed E-state index contributed by atoms with van der Waals surface area (Å²) in [5.41, 5.74) is 6.27. The van der Waals surface area contributed by atoms with Gasteiger partial charge in [0.1, 0.15) is 10.2 Å². The van der Waals surface area contributed by atoms with E-state index in [0.717, 1.165) is 37.5 Å². The first kappa shape index (κ1) is 21.3. The molecule has 0 N–H and O–H groups in total. The minimum Gasteiger partial charge on any atom is -0.371 e. The molecule has 4 aromatic rings. The van der Waals surface area contributed by atoms with Gasteiger partial charge in [0.25, 0.3) is 0 Å². The van der Waals surface area contributed by atoms with E-state index in [1.807, 2.05) is 24.3 Å². The van der Waals surface area contributed by atoms with Crippen LogP contribution in [-0.2, 0) is 11.3 Å². The van der Waals surface area contributed by atoms with Crippen molar-refractivity contribution in [2.45, 2.75) is 39.9 Å². The molecule has 0 fully saturated rings. The quantitative estimate of drug-likeness (QED) is 0.292. The average Bonchev–Trinajstić information content (AvgIpc) is 3.09. The summed E-state index contributed by atoms with van der Waals surface area (Å²) in [6.07, 6.45) is 1.71. The van der Waals surface area contributed by atoms with E-state index in [4.69, 9.17) is 32.9 Å². The van der Waals surface area contributed by atoms with E-state index in [-0.39, 0.29) is 5.60 Å². The summed E-state index contributed by atoms with van der Waals surface area (Å²) >= 11 is 13.9. The molecule has 30 heavy (non-hydrogen) atoms. The third-order valence-electron chi connectivity index (χ3n) is 4.77. The highest BCUT2D eigenvalue weighted by Crippen LogP contribution is 2.41. The molecule has 3 nitrogen and oxygen atoms in total. The monoisotopic (exact) mass is 456 g/mol.